The van der Waals surface area contributed by atoms with Crippen molar-refractivity contribution in [3.05, 3.63) is 0 Å². The van der Waals surface area contributed by atoms with Crippen molar-refractivity contribution in [2.75, 3.05) is 0 Å². The molecule has 14 heavy (non-hydrogen) atoms. The Morgan fingerprint density at radius 2 is 1.57 bits per heavy atom. The van der Waals surface area contributed by atoms with Crippen LogP contribution in [0.1, 0.15) is 33.6 Å². The minimum atomic E-state index is -0.965. The topological polar surface area (TPSA) is 51.2 Å². The van der Waals surface area contributed by atoms with E-state index >= 15 is 0 Å². The Labute approximate surface area is 106 Å². The van der Waals surface area contributed by atoms with Crippen LogP contribution in [0.15, 0.2) is 0 Å². The van der Waals surface area contributed by atoms with Crippen LogP contribution in [0.25, 0.3) is 0 Å². The van der Waals surface area contributed by atoms with E-state index in [2.05, 4.69) is 0 Å². The fraction of sp³-hybridized carbons (Fsp3) is 0.700. The Hall–Kier alpha value is 0.0100. The molecule has 0 aromatic heterocycles. The molecule has 1 rings (SSSR count). The van der Waals surface area contributed by atoms with E-state index < -0.39 is 5.92 Å². The molecule has 0 aromatic carbocycles. The first-order valence-electron chi connectivity index (χ1n) is 4.39. The number of Topliss-reactive ketones (excluding diaryl/α,β-unsaturated/α-hetero) is 3. The number of carbonyl (C=O) groups excluding carboxylic acids is 3. The molecule has 0 N–H and O–H groups in total. The predicted octanol–water partition coefficient (Wildman–Crippen LogP) is 0.501. The second-order valence-electron chi connectivity index (χ2n) is 4.49. The van der Waals surface area contributed by atoms with E-state index in [0.717, 1.165) is 0 Å². The number of hydrogen-bond donors (Lipinski definition) is 0. The van der Waals surface area contributed by atoms with E-state index in [1.54, 1.807) is 0 Å². The molecular formula is C10H15NaO3. The molecule has 0 atom stereocenters. The van der Waals surface area contributed by atoms with Crippen LogP contribution in [-0.2, 0) is 14.4 Å². The summed E-state index contributed by atoms with van der Waals surface area (Å²) in [5.41, 5.74) is -0.264. The zero-order valence-electron chi connectivity index (χ0n) is 8.22. The average Bonchev–Trinajstić information content (AvgIpc) is 1.78. The van der Waals surface area contributed by atoms with Crippen LogP contribution in [0.3, 0.4) is 0 Å². The quantitative estimate of drug-likeness (QED) is 0.463. The van der Waals surface area contributed by atoms with Crippen LogP contribution in [0.5, 0.6) is 0 Å². The van der Waals surface area contributed by atoms with Crippen LogP contribution >= 0.6 is 0 Å². The summed E-state index contributed by atoms with van der Waals surface area (Å²) in [6.07, 6.45) is 0.673. The maximum atomic E-state index is 11.4. The van der Waals surface area contributed by atoms with Crippen molar-refractivity contribution >= 4 is 46.9 Å². The van der Waals surface area contributed by atoms with Crippen LogP contribution < -0.4 is 0 Å². The fourth-order valence-electron chi connectivity index (χ4n) is 1.84. The summed E-state index contributed by atoms with van der Waals surface area (Å²) in [6.45, 7) is 5.05. The summed E-state index contributed by atoms with van der Waals surface area (Å²) >= 11 is 0. The van der Waals surface area contributed by atoms with Crippen molar-refractivity contribution in [3.8, 4) is 0 Å². The van der Waals surface area contributed by atoms with E-state index in [4.69, 9.17) is 0 Å². The van der Waals surface area contributed by atoms with Gasteiger partial charge in [-0.15, -0.1) is 0 Å². The molecule has 0 aromatic rings. The Balaban J connectivity index is 0.00000169. The van der Waals surface area contributed by atoms with Gasteiger partial charge >= 0.3 is 29.6 Å². The summed E-state index contributed by atoms with van der Waals surface area (Å²) in [5, 5.41) is 0. The number of rotatable bonds is 1. The van der Waals surface area contributed by atoms with Crippen molar-refractivity contribution in [2.24, 2.45) is 11.3 Å². The van der Waals surface area contributed by atoms with E-state index in [1.165, 1.54) is 6.92 Å². The van der Waals surface area contributed by atoms with Gasteiger partial charge < -0.3 is 0 Å². The van der Waals surface area contributed by atoms with Crippen molar-refractivity contribution < 1.29 is 14.4 Å². The summed E-state index contributed by atoms with van der Waals surface area (Å²) in [4.78, 5) is 33.8. The van der Waals surface area contributed by atoms with Crippen LogP contribution in [0.4, 0.5) is 0 Å². The fourth-order valence-corrected chi connectivity index (χ4v) is 1.84. The third kappa shape index (κ3) is 3.01. The van der Waals surface area contributed by atoms with Gasteiger partial charge in [-0.3, -0.25) is 14.4 Å². The zero-order valence-corrected chi connectivity index (χ0v) is 8.22. The first kappa shape index (κ1) is 14.0. The molecule has 0 aliphatic heterocycles. The van der Waals surface area contributed by atoms with Gasteiger partial charge in [0.05, 0.1) is 0 Å². The second kappa shape index (κ2) is 4.69. The standard InChI is InChI=1S/C10H14O3.Na.H/c1-6(11)9-7(12)4-10(2,3)5-8(9)13;;/h9H,4-5H2,1-3H3;;. The van der Waals surface area contributed by atoms with Crippen LogP contribution in [0.2, 0.25) is 0 Å². The summed E-state index contributed by atoms with van der Waals surface area (Å²) < 4.78 is 0. The second-order valence-corrected chi connectivity index (χ2v) is 4.49. The SMILES string of the molecule is CC(=O)C1C(=O)CC(C)(C)CC1=O.[NaH]. The summed E-state index contributed by atoms with van der Waals surface area (Å²) in [5.74, 6) is -1.71. The Bertz CT molecular complexity index is 261. The molecular weight excluding hydrogens is 191 g/mol. The molecule has 1 saturated carbocycles. The Kier molecular flexibility index (Phi) is 4.69. The van der Waals surface area contributed by atoms with Gasteiger partial charge in [-0.2, -0.15) is 0 Å². The molecule has 3 nitrogen and oxygen atoms in total. The van der Waals surface area contributed by atoms with Gasteiger partial charge in [-0.25, -0.2) is 0 Å². The molecule has 1 fully saturated rings. The third-order valence-corrected chi connectivity index (χ3v) is 2.36. The van der Waals surface area contributed by atoms with Crippen LogP contribution in [-0.4, -0.2) is 46.9 Å². The monoisotopic (exact) mass is 206 g/mol. The van der Waals surface area contributed by atoms with Gasteiger partial charge in [0.15, 0.2) is 11.6 Å². The molecule has 1 aliphatic rings. The van der Waals surface area contributed by atoms with E-state index in [9.17, 15) is 14.4 Å². The van der Waals surface area contributed by atoms with Gasteiger partial charge in [0.2, 0.25) is 0 Å². The molecule has 1 aliphatic carbocycles. The first-order chi connectivity index (χ1) is 5.83. The Morgan fingerprint density at radius 1 is 1.21 bits per heavy atom. The molecule has 74 valence electrons. The molecule has 0 heterocycles. The zero-order chi connectivity index (χ0) is 10.2. The normalized spacial score (nSPS) is 21.6. The predicted molar refractivity (Wildman–Crippen MR) is 54.3 cm³/mol. The first-order valence-corrected chi connectivity index (χ1v) is 4.39. The average molecular weight is 206 g/mol. The summed E-state index contributed by atoms with van der Waals surface area (Å²) in [7, 11) is 0. The van der Waals surface area contributed by atoms with Gasteiger partial charge in [0.1, 0.15) is 11.7 Å². The molecule has 0 spiro atoms. The van der Waals surface area contributed by atoms with Crippen molar-refractivity contribution in [1.29, 1.82) is 0 Å². The minimum absolute atomic E-state index is 0. The van der Waals surface area contributed by atoms with Crippen molar-refractivity contribution in [1.82, 2.24) is 0 Å². The molecule has 0 amide bonds. The summed E-state index contributed by atoms with van der Waals surface area (Å²) in [6, 6.07) is 0. The maximum absolute atomic E-state index is 11.4. The van der Waals surface area contributed by atoms with Gasteiger partial charge in [-0.05, 0) is 12.3 Å². The molecule has 0 radical (unpaired) electrons. The van der Waals surface area contributed by atoms with Gasteiger partial charge in [0, 0.05) is 12.8 Å². The van der Waals surface area contributed by atoms with E-state index in [-0.39, 0.29) is 52.3 Å². The number of ketones is 3. The molecule has 0 bridgehead atoms. The van der Waals surface area contributed by atoms with E-state index in [0.29, 0.717) is 12.8 Å². The van der Waals surface area contributed by atoms with Crippen LogP contribution in [0, 0.1) is 11.3 Å². The number of hydrogen-bond acceptors (Lipinski definition) is 3. The van der Waals surface area contributed by atoms with Crippen molar-refractivity contribution in [2.45, 2.75) is 33.6 Å². The van der Waals surface area contributed by atoms with Gasteiger partial charge in [-0.1, -0.05) is 13.8 Å². The van der Waals surface area contributed by atoms with E-state index in [1.807, 2.05) is 13.8 Å². The molecule has 0 saturated heterocycles. The molecule has 0 unspecified atom stereocenters. The Morgan fingerprint density at radius 3 is 1.86 bits per heavy atom. The van der Waals surface area contributed by atoms with Crippen molar-refractivity contribution in [3.63, 3.8) is 0 Å². The molecule has 4 heteroatoms. The number of carbonyl (C=O) groups is 3. The van der Waals surface area contributed by atoms with Gasteiger partial charge in [0.25, 0.3) is 0 Å². The third-order valence-electron chi connectivity index (χ3n) is 2.36.